The largest absolute Gasteiger partial charge is 0.507 e. The van der Waals surface area contributed by atoms with Gasteiger partial charge in [-0.05, 0) is 25.0 Å². The van der Waals surface area contributed by atoms with Crippen LogP contribution in [-0.4, -0.2) is 24.2 Å². The standard InChI is InChI=1S/C10H10O3.C9H8O3/c1-6-3-4-7-5-13-10(11)8(7)9(6)12-2;1-5-2-3-6-4-12-9(11)7(6)8(5)10/h3-4H,5H2,1-2H3;2-3,10H,4H2,1H3. The summed E-state index contributed by atoms with van der Waals surface area (Å²) >= 11 is 0. The Labute approximate surface area is 144 Å². The minimum Gasteiger partial charge on any atom is -0.507 e. The van der Waals surface area contributed by atoms with E-state index in [-0.39, 0.29) is 18.3 Å². The van der Waals surface area contributed by atoms with Gasteiger partial charge >= 0.3 is 11.9 Å². The Hall–Kier alpha value is -3.02. The Morgan fingerprint density at radius 1 is 0.880 bits per heavy atom. The molecular formula is C19H18O6. The molecule has 2 aliphatic heterocycles. The number of methoxy groups -OCH3 is 1. The fraction of sp³-hybridized carbons (Fsp3) is 0.263. The Kier molecular flexibility index (Phi) is 4.35. The molecule has 0 aromatic heterocycles. The number of rotatable bonds is 1. The van der Waals surface area contributed by atoms with E-state index in [1.807, 2.05) is 19.1 Å². The van der Waals surface area contributed by atoms with Gasteiger partial charge in [0, 0.05) is 11.1 Å². The molecule has 0 amide bonds. The zero-order valence-electron chi connectivity index (χ0n) is 14.2. The molecule has 0 atom stereocenters. The van der Waals surface area contributed by atoms with Gasteiger partial charge in [-0.2, -0.15) is 0 Å². The maximum Gasteiger partial charge on any atom is 0.342 e. The average Bonchev–Trinajstić information content (AvgIpc) is 3.16. The molecule has 0 fully saturated rings. The van der Waals surface area contributed by atoms with Gasteiger partial charge in [0.2, 0.25) is 0 Å². The molecule has 1 N–H and O–H groups in total. The molecular weight excluding hydrogens is 324 g/mol. The molecule has 2 aromatic rings. The highest BCUT2D eigenvalue weighted by molar-refractivity contribution is 5.97. The van der Waals surface area contributed by atoms with Crippen molar-refractivity contribution in [3.05, 3.63) is 57.6 Å². The van der Waals surface area contributed by atoms with Crippen molar-refractivity contribution in [2.75, 3.05) is 7.11 Å². The van der Waals surface area contributed by atoms with Gasteiger partial charge < -0.3 is 19.3 Å². The Bertz CT molecular complexity index is 869. The summed E-state index contributed by atoms with van der Waals surface area (Å²) in [5.74, 6) is -0.0169. The number of esters is 2. The van der Waals surface area contributed by atoms with Crippen molar-refractivity contribution in [2.24, 2.45) is 0 Å². The number of carbonyl (C=O) groups is 2. The molecule has 6 nitrogen and oxygen atoms in total. The van der Waals surface area contributed by atoms with Crippen LogP contribution in [0.15, 0.2) is 24.3 Å². The van der Waals surface area contributed by atoms with Crippen LogP contribution in [0.4, 0.5) is 0 Å². The first-order valence-electron chi connectivity index (χ1n) is 7.76. The minimum atomic E-state index is -0.425. The highest BCUT2D eigenvalue weighted by Crippen LogP contribution is 2.32. The number of aromatic hydroxyl groups is 1. The number of carbonyl (C=O) groups excluding carboxylic acids is 2. The van der Waals surface area contributed by atoms with Crippen molar-refractivity contribution >= 4 is 11.9 Å². The van der Waals surface area contributed by atoms with Crippen molar-refractivity contribution in [1.29, 1.82) is 0 Å². The minimum absolute atomic E-state index is 0.0509. The molecule has 6 heteroatoms. The summed E-state index contributed by atoms with van der Waals surface area (Å²) in [6.45, 7) is 4.30. The number of aryl methyl sites for hydroxylation is 2. The van der Waals surface area contributed by atoms with Crippen LogP contribution >= 0.6 is 0 Å². The van der Waals surface area contributed by atoms with Crippen LogP contribution in [0.25, 0.3) is 0 Å². The Morgan fingerprint density at radius 2 is 1.40 bits per heavy atom. The maximum atomic E-state index is 11.3. The smallest absolute Gasteiger partial charge is 0.342 e. The second-order valence-corrected chi connectivity index (χ2v) is 5.87. The fourth-order valence-corrected chi connectivity index (χ4v) is 2.85. The molecule has 0 radical (unpaired) electrons. The predicted molar refractivity (Wildman–Crippen MR) is 88.8 cm³/mol. The summed E-state index contributed by atoms with van der Waals surface area (Å²) in [6.07, 6.45) is 0. The van der Waals surface area contributed by atoms with Crippen LogP contribution in [-0.2, 0) is 22.7 Å². The quantitative estimate of drug-likeness (QED) is 0.802. The van der Waals surface area contributed by atoms with E-state index in [4.69, 9.17) is 14.2 Å². The fourth-order valence-electron chi connectivity index (χ4n) is 2.85. The number of benzene rings is 2. The van der Waals surface area contributed by atoms with Crippen LogP contribution < -0.4 is 4.74 Å². The van der Waals surface area contributed by atoms with Gasteiger partial charge in [0.25, 0.3) is 0 Å². The van der Waals surface area contributed by atoms with Gasteiger partial charge in [-0.25, -0.2) is 9.59 Å². The summed E-state index contributed by atoms with van der Waals surface area (Å²) in [5.41, 5.74) is 4.25. The lowest BCUT2D eigenvalue weighted by molar-refractivity contribution is 0.0523. The van der Waals surface area contributed by atoms with E-state index in [1.54, 1.807) is 26.2 Å². The van der Waals surface area contributed by atoms with Gasteiger partial charge in [-0.3, -0.25) is 0 Å². The first-order chi connectivity index (χ1) is 11.9. The number of cyclic esters (lactones) is 2. The lowest BCUT2D eigenvalue weighted by Gasteiger charge is -2.06. The lowest BCUT2D eigenvalue weighted by Crippen LogP contribution is -1.99. The number of hydrogen-bond donors (Lipinski definition) is 1. The number of phenols is 1. The van der Waals surface area contributed by atoms with Gasteiger partial charge in [-0.1, -0.05) is 24.3 Å². The summed E-state index contributed by atoms with van der Waals surface area (Å²) in [5, 5.41) is 9.49. The molecule has 0 aliphatic carbocycles. The Morgan fingerprint density at radius 3 is 2.00 bits per heavy atom. The summed E-state index contributed by atoms with van der Waals surface area (Å²) in [6, 6.07) is 7.41. The third-order valence-electron chi connectivity index (χ3n) is 4.24. The monoisotopic (exact) mass is 342 g/mol. The van der Waals surface area contributed by atoms with E-state index in [1.165, 1.54) is 0 Å². The predicted octanol–water partition coefficient (Wildman–Crippen LogP) is 3.05. The summed E-state index contributed by atoms with van der Waals surface area (Å²) in [7, 11) is 1.56. The second kappa shape index (κ2) is 6.47. The van der Waals surface area contributed by atoms with E-state index in [9.17, 15) is 14.7 Å². The van der Waals surface area contributed by atoms with Crippen molar-refractivity contribution in [3.63, 3.8) is 0 Å². The van der Waals surface area contributed by atoms with Crippen LogP contribution in [0.3, 0.4) is 0 Å². The SMILES string of the molecule is COc1c(C)ccc2c1C(=O)OC2.Cc1ccc2c(c1O)C(=O)OC2. The third-order valence-corrected chi connectivity index (χ3v) is 4.24. The maximum absolute atomic E-state index is 11.3. The number of phenolic OH excluding ortho intramolecular Hbond substituents is 1. The molecule has 4 rings (SSSR count). The van der Waals surface area contributed by atoms with E-state index in [0.29, 0.717) is 29.0 Å². The number of fused-ring (bicyclic) bond motifs is 2. The summed E-state index contributed by atoms with van der Waals surface area (Å²) < 4.78 is 14.8. The van der Waals surface area contributed by atoms with Gasteiger partial charge in [0.1, 0.15) is 35.8 Å². The first-order valence-corrected chi connectivity index (χ1v) is 7.76. The molecule has 2 aromatic carbocycles. The van der Waals surface area contributed by atoms with E-state index in [2.05, 4.69) is 0 Å². The first kappa shape index (κ1) is 16.8. The van der Waals surface area contributed by atoms with Crippen LogP contribution in [0.1, 0.15) is 43.0 Å². The normalized spacial score (nSPS) is 14.0. The molecule has 25 heavy (non-hydrogen) atoms. The summed E-state index contributed by atoms with van der Waals surface area (Å²) in [4.78, 5) is 22.4. The van der Waals surface area contributed by atoms with Crippen molar-refractivity contribution in [1.82, 2.24) is 0 Å². The molecule has 2 aliphatic rings. The van der Waals surface area contributed by atoms with Crippen molar-refractivity contribution < 1.29 is 28.9 Å². The number of hydrogen-bond acceptors (Lipinski definition) is 6. The molecule has 0 spiro atoms. The molecule has 0 unspecified atom stereocenters. The van der Waals surface area contributed by atoms with Gasteiger partial charge in [-0.15, -0.1) is 0 Å². The molecule has 0 saturated heterocycles. The topological polar surface area (TPSA) is 82.1 Å². The average molecular weight is 342 g/mol. The molecule has 130 valence electrons. The van der Waals surface area contributed by atoms with Gasteiger partial charge in [0.05, 0.1) is 7.11 Å². The van der Waals surface area contributed by atoms with Crippen molar-refractivity contribution in [2.45, 2.75) is 27.1 Å². The molecule has 2 heterocycles. The second-order valence-electron chi connectivity index (χ2n) is 5.87. The zero-order valence-corrected chi connectivity index (χ0v) is 14.2. The Balaban J connectivity index is 0.000000146. The van der Waals surface area contributed by atoms with Crippen LogP contribution in [0.5, 0.6) is 11.5 Å². The van der Waals surface area contributed by atoms with Crippen LogP contribution in [0, 0.1) is 13.8 Å². The lowest BCUT2D eigenvalue weighted by atomic mass is 10.1. The highest BCUT2D eigenvalue weighted by atomic mass is 16.5. The van der Waals surface area contributed by atoms with Crippen LogP contribution in [0.2, 0.25) is 0 Å². The van der Waals surface area contributed by atoms with E-state index < -0.39 is 5.97 Å². The highest BCUT2D eigenvalue weighted by Gasteiger charge is 2.26. The number of ether oxygens (including phenoxy) is 3. The van der Waals surface area contributed by atoms with E-state index >= 15 is 0 Å². The molecule has 0 saturated carbocycles. The van der Waals surface area contributed by atoms with Gasteiger partial charge in [0.15, 0.2) is 0 Å². The molecule has 0 bridgehead atoms. The van der Waals surface area contributed by atoms with E-state index in [0.717, 1.165) is 16.7 Å². The zero-order chi connectivity index (χ0) is 18.1. The third kappa shape index (κ3) is 2.91. The van der Waals surface area contributed by atoms with Crippen molar-refractivity contribution in [3.8, 4) is 11.5 Å².